The van der Waals surface area contributed by atoms with E-state index in [2.05, 4.69) is 12.2 Å². The molecular formula is C7H11BO3PS. The van der Waals surface area contributed by atoms with Gasteiger partial charge < -0.3 is 9.39 Å². The standard InChI is InChI=1S/C7H11BO3PS/c9-6-1-3-10-7(5-6)2-4-11-8-12-13/h1,3,7,12-13H,2,4-5H2/t7-/m0/s1. The Labute approximate surface area is 85.4 Å². The molecule has 0 bridgehead atoms. The maximum absolute atomic E-state index is 10.9. The van der Waals surface area contributed by atoms with E-state index in [-0.39, 0.29) is 11.9 Å². The van der Waals surface area contributed by atoms with Crippen molar-refractivity contribution in [3.05, 3.63) is 12.3 Å². The highest BCUT2D eigenvalue weighted by molar-refractivity contribution is 8.46. The second kappa shape index (κ2) is 6.47. The zero-order valence-electron chi connectivity index (χ0n) is 7.10. The highest BCUT2D eigenvalue weighted by Crippen LogP contribution is 2.13. The maximum Gasteiger partial charge on any atom is 0.332 e. The Bertz CT molecular complexity index is 200. The van der Waals surface area contributed by atoms with Crippen LogP contribution in [-0.2, 0) is 14.2 Å². The van der Waals surface area contributed by atoms with Gasteiger partial charge in [-0.3, -0.25) is 4.79 Å². The number of carbonyl (C=O) groups is 1. The van der Waals surface area contributed by atoms with Crippen LogP contribution in [0.5, 0.6) is 0 Å². The van der Waals surface area contributed by atoms with E-state index in [1.807, 2.05) is 0 Å². The Balaban J connectivity index is 2.08. The summed E-state index contributed by atoms with van der Waals surface area (Å²) in [5.74, 6) is 0.122. The van der Waals surface area contributed by atoms with Gasteiger partial charge >= 0.3 is 7.20 Å². The zero-order chi connectivity index (χ0) is 9.52. The van der Waals surface area contributed by atoms with Gasteiger partial charge in [0.05, 0.1) is 6.26 Å². The van der Waals surface area contributed by atoms with E-state index in [9.17, 15) is 4.79 Å². The molecule has 0 aromatic carbocycles. The summed E-state index contributed by atoms with van der Waals surface area (Å²) in [6, 6.07) is 0. The van der Waals surface area contributed by atoms with E-state index in [1.54, 1.807) is 7.20 Å². The minimum absolute atomic E-state index is 0.0193. The molecule has 0 aromatic heterocycles. The van der Waals surface area contributed by atoms with Gasteiger partial charge in [0.15, 0.2) is 5.78 Å². The maximum atomic E-state index is 10.9. The third-order valence-corrected chi connectivity index (χ3v) is 2.24. The van der Waals surface area contributed by atoms with Crippen LogP contribution < -0.4 is 0 Å². The highest BCUT2D eigenvalue weighted by atomic mass is 32.7. The molecule has 0 fully saturated rings. The second-order valence-corrected chi connectivity index (χ2v) is 3.91. The zero-order valence-corrected chi connectivity index (χ0v) is 9.00. The van der Waals surface area contributed by atoms with Crippen molar-refractivity contribution >= 4 is 32.9 Å². The fourth-order valence-electron chi connectivity index (χ4n) is 1.03. The summed E-state index contributed by atoms with van der Waals surface area (Å²) in [5.41, 5.74) is 0. The van der Waals surface area contributed by atoms with Gasteiger partial charge in [-0.1, -0.05) is 7.66 Å². The van der Waals surface area contributed by atoms with E-state index in [0.717, 1.165) is 6.42 Å². The molecule has 1 unspecified atom stereocenters. The molecule has 3 nitrogen and oxygen atoms in total. The van der Waals surface area contributed by atoms with Gasteiger partial charge in [0, 0.05) is 25.5 Å². The van der Waals surface area contributed by atoms with Crippen LogP contribution in [0.4, 0.5) is 0 Å². The lowest BCUT2D eigenvalue weighted by molar-refractivity contribution is -0.118. The summed E-state index contributed by atoms with van der Waals surface area (Å²) < 4.78 is 10.3. The first-order valence-electron chi connectivity index (χ1n) is 4.00. The molecule has 0 spiro atoms. The largest absolute Gasteiger partial charge is 0.497 e. The van der Waals surface area contributed by atoms with Gasteiger partial charge in [-0.2, -0.15) is 12.2 Å². The first kappa shape index (κ1) is 11.1. The van der Waals surface area contributed by atoms with Gasteiger partial charge in [-0.05, 0) is 0 Å². The molecule has 2 atom stereocenters. The van der Waals surface area contributed by atoms with Crippen molar-refractivity contribution in [2.24, 2.45) is 0 Å². The van der Waals surface area contributed by atoms with Crippen molar-refractivity contribution < 1.29 is 14.2 Å². The molecule has 0 saturated carbocycles. The third-order valence-electron chi connectivity index (χ3n) is 1.65. The normalized spacial score (nSPS) is 22.2. The van der Waals surface area contributed by atoms with E-state index in [4.69, 9.17) is 9.39 Å². The van der Waals surface area contributed by atoms with E-state index < -0.39 is 0 Å². The number of thiol groups is 1. The number of allylic oxidation sites excluding steroid dienone is 1. The Morgan fingerprint density at radius 2 is 2.69 bits per heavy atom. The van der Waals surface area contributed by atoms with E-state index >= 15 is 0 Å². The minimum atomic E-state index is -0.0193. The molecule has 1 aliphatic rings. The summed E-state index contributed by atoms with van der Waals surface area (Å²) in [4.78, 5) is 10.9. The summed E-state index contributed by atoms with van der Waals surface area (Å²) in [5, 5.41) is 0. The number of hydrogen-bond donors (Lipinski definition) is 1. The number of ketones is 1. The lowest BCUT2D eigenvalue weighted by atomic mass is 10.1. The summed E-state index contributed by atoms with van der Waals surface area (Å²) in [6.07, 6.45) is 4.10. The fourth-order valence-corrected chi connectivity index (χ4v) is 1.45. The van der Waals surface area contributed by atoms with Gasteiger partial charge in [-0.15, -0.1) is 0 Å². The number of hydrogen-bond acceptors (Lipinski definition) is 4. The molecule has 0 saturated heterocycles. The molecular weight excluding hydrogens is 206 g/mol. The average Bonchev–Trinajstić information content (AvgIpc) is 2.13. The second-order valence-electron chi connectivity index (χ2n) is 2.64. The van der Waals surface area contributed by atoms with Crippen LogP contribution in [0.25, 0.3) is 0 Å². The summed E-state index contributed by atoms with van der Waals surface area (Å²) >= 11 is 3.99. The van der Waals surface area contributed by atoms with Gasteiger partial charge in [0.2, 0.25) is 0 Å². The molecule has 6 heteroatoms. The van der Waals surface area contributed by atoms with Crippen molar-refractivity contribution in [3.63, 3.8) is 0 Å². The first-order chi connectivity index (χ1) is 6.33. The third kappa shape index (κ3) is 4.70. The number of rotatable bonds is 5. The van der Waals surface area contributed by atoms with E-state index in [1.165, 1.54) is 12.3 Å². The quantitative estimate of drug-likeness (QED) is 0.326. The lowest BCUT2D eigenvalue weighted by Crippen LogP contribution is -2.20. The van der Waals surface area contributed by atoms with E-state index in [0.29, 0.717) is 20.7 Å². The molecule has 1 rings (SSSR count). The van der Waals surface area contributed by atoms with Crippen molar-refractivity contribution in [3.8, 4) is 0 Å². The molecule has 1 radical (unpaired) electrons. The predicted molar refractivity (Wildman–Crippen MR) is 57.3 cm³/mol. The Morgan fingerprint density at radius 3 is 3.38 bits per heavy atom. The highest BCUT2D eigenvalue weighted by Gasteiger charge is 2.15. The van der Waals surface area contributed by atoms with Crippen LogP contribution in [0.1, 0.15) is 12.8 Å². The topological polar surface area (TPSA) is 35.5 Å². The van der Waals surface area contributed by atoms with Crippen molar-refractivity contribution in [1.82, 2.24) is 0 Å². The van der Waals surface area contributed by atoms with Crippen LogP contribution in [0.2, 0.25) is 0 Å². The Hall–Kier alpha value is 0.0149. The monoisotopic (exact) mass is 217 g/mol. The molecule has 0 aliphatic carbocycles. The summed E-state index contributed by atoms with van der Waals surface area (Å²) in [6.45, 7) is 0.583. The van der Waals surface area contributed by atoms with Crippen LogP contribution in [-0.4, -0.2) is 25.7 Å². The van der Waals surface area contributed by atoms with Crippen LogP contribution >= 0.6 is 19.9 Å². The van der Waals surface area contributed by atoms with Crippen LogP contribution in [0.15, 0.2) is 12.3 Å². The molecule has 71 valence electrons. The Morgan fingerprint density at radius 1 is 1.85 bits per heavy atom. The fraction of sp³-hybridized carbons (Fsp3) is 0.571. The smallest absolute Gasteiger partial charge is 0.332 e. The van der Waals surface area contributed by atoms with Gasteiger partial charge in [-0.25, -0.2) is 0 Å². The molecule has 1 heterocycles. The number of carbonyl (C=O) groups excluding carboxylic acids is 1. The van der Waals surface area contributed by atoms with Crippen LogP contribution in [0, 0.1) is 0 Å². The lowest BCUT2D eigenvalue weighted by Gasteiger charge is -2.18. The summed E-state index contributed by atoms with van der Waals surface area (Å²) in [7, 11) is 2.05. The average molecular weight is 217 g/mol. The minimum Gasteiger partial charge on any atom is -0.497 e. The van der Waals surface area contributed by atoms with Gasteiger partial charge in [0.25, 0.3) is 0 Å². The molecule has 13 heavy (non-hydrogen) atoms. The molecule has 0 amide bonds. The first-order valence-corrected chi connectivity index (χ1v) is 6.37. The van der Waals surface area contributed by atoms with Crippen LogP contribution in [0.3, 0.4) is 0 Å². The van der Waals surface area contributed by atoms with Crippen molar-refractivity contribution in [1.29, 1.82) is 0 Å². The number of ether oxygens (including phenoxy) is 1. The van der Waals surface area contributed by atoms with Gasteiger partial charge in [0.1, 0.15) is 6.10 Å². The Kier molecular flexibility index (Phi) is 5.52. The predicted octanol–water partition coefficient (Wildman–Crippen LogP) is 1.32. The van der Waals surface area contributed by atoms with Crippen molar-refractivity contribution in [2.75, 3.05) is 6.61 Å². The molecule has 0 aromatic rings. The molecule has 1 aliphatic heterocycles. The SMILES string of the molecule is O=C1C=CO[C@@H](CCO[B]PS)C1. The molecule has 0 N–H and O–H groups in total. The van der Waals surface area contributed by atoms with Crippen molar-refractivity contribution in [2.45, 2.75) is 18.9 Å².